The largest absolute Gasteiger partial charge is 0.469 e. The highest BCUT2D eigenvalue weighted by atomic mass is 16.6. The molecule has 0 spiro atoms. The van der Waals surface area contributed by atoms with Gasteiger partial charge in [-0.15, -0.1) is 0 Å². The second-order valence-corrected chi connectivity index (χ2v) is 14.9. The summed E-state index contributed by atoms with van der Waals surface area (Å²) in [4.78, 5) is 92.4. The van der Waals surface area contributed by atoms with Crippen LogP contribution in [0, 0.1) is 34.5 Å². The van der Waals surface area contributed by atoms with Crippen LogP contribution in [0.25, 0.3) is 0 Å². The van der Waals surface area contributed by atoms with Crippen molar-refractivity contribution in [2.45, 2.75) is 109 Å². The Hall–Kier alpha value is -4.19. The minimum atomic E-state index is -2.79. The number of carbonyl (C=O) groups is 7. The highest BCUT2D eigenvalue weighted by Crippen LogP contribution is 2.67. The molecule has 3 unspecified atom stereocenters. The number of carbonyl (C=O) groups excluding carboxylic acids is 7. The maximum absolute atomic E-state index is 14.4. The highest BCUT2D eigenvalue weighted by molar-refractivity contribution is 6.00. The van der Waals surface area contributed by atoms with Gasteiger partial charge in [0.05, 0.1) is 32.0 Å². The number of ketones is 1. The zero-order valence-electron chi connectivity index (χ0n) is 30.7. The highest BCUT2D eigenvalue weighted by Gasteiger charge is 2.78. The van der Waals surface area contributed by atoms with E-state index in [1.54, 1.807) is 13.8 Å². The third kappa shape index (κ3) is 6.55. The Labute approximate surface area is 305 Å². The van der Waals surface area contributed by atoms with Crippen molar-refractivity contribution in [2.75, 3.05) is 13.7 Å². The van der Waals surface area contributed by atoms with Gasteiger partial charge in [0.25, 0.3) is 6.47 Å². The summed E-state index contributed by atoms with van der Waals surface area (Å²) in [5, 5.41) is 44.7. The van der Waals surface area contributed by atoms with Gasteiger partial charge < -0.3 is 48.8 Å². The van der Waals surface area contributed by atoms with E-state index in [-0.39, 0.29) is 12.0 Å². The summed E-state index contributed by atoms with van der Waals surface area (Å²) in [5.41, 5.74) is -9.41. The predicted octanol–water partition coefficient (Wildman–Crippen LogP) is -0.0240. The molecule has 294 valence electrons. The van der Waals surface area contributed by atoms with Crippen LogP contribution in [0.4, 0.5) is 0 Å². The first-order chi connectivity index (χ1) is 24.6. The van der Waals surface area contributed by atoms with E-state index >= 15 is 0 Å². The van der Waals surface area contributed by atoms with E-state index in [9.17, 15) is 54.0 Å². The van der Waals surface area contributed by atoms with E-state index in [2.05, 4.69) is 6.58 Å². The van der Waals surface area contributed by atoms with E-state index in [0.717, 1.165) is 20.1 Å². The van der Waals surface area contributed by atoms with Crippen molar-refractivity contribution in [1.82, 2.24) is 0 Å². The van der Waals surface area contributed by atoms with Crippen LogP contribution in [0.2, 0.25) is 0 Å². The Morgan fingerprint density at radius 2 is 1.83 bits per heavy atom. The van der Waals surface area contributed by atoms with Gasteiger partial charge in [0.15, 0.2) is 17.5 Å². The fourth-order valence-corrected chi connectivity index (χ4v) is 9.12. The van der Waals surface area contributed by atoms with Crippen molar-refractivity contribution in [3.8, 4) is 0 Å². The van der Waals surface area contributed by atoms with Gasteiger partial charge in [-0.1, -0.05) is 40.7 Å². The molecule has 2 heterocycles. The quantitative estimate of drug-likeness (QED) is 0.0787. The van der Waals surface area contributed by atoms with Crippen LogP contribution in [0.1, 0.15) is 67.2 Å². The normalized spacial score (nSPS) is 36.5. The molecule has 0 aromatic rings. The number of Topliss-reactive ketones (excluding diaryl/α,β-unsaturated/α-hetero) is 1. The summed E-state index contributed by atoms with van der Waals surface area (Å²) in [6.07, 6.45) is -9.44. The molecule has 17 heteroatoms. The second kappa shape index (κ2) is 14.9. The van der Waals surface area contributed by atoms with Crippen LogP contribution in [-0.2, 0) is 62.0 Å². The number of hydrogen-bond donors (Lipinski definition) is 4. The number of esters is 5. The van der Waals surface area contributed by atoms with Gasteiger partial charge in [-0.05, 0) is 24.5 Å². The van der Waals surface area contributed by atoms with Crippen LogP contribution >= 0.6 is 0 Å². The number of rotatable bonds is 14. The van der Waals surface area contributed by atoms with Crippen LogP contribution in [0.3, 0.4) is 0 Å². The molecular formula is C36H48O17. The molecule has 0 aromatic heterocycles. The zero-order chi connectivity index (χ0) is 40.0. The third-order valence-electron chi connectivity index (χ3n) is 12.2. The lowest BCUT2D eigenvalue weighted by Crippen LogP contribution is -2.72. The van der Waals surface area contributed by atoms with Crippen LogP contribution in [0.5, 0.6) is 0 Å². The molecule has 4 aliphatic rings. The molecule has 53 heavy (non-hydrogen) atoms. The van der Waals surface area contributed by atoms with Gasteiger partial charge in [-0.25, -0.2) is 9.59 Å². The fourth-order valence-electron chi connectivity index (χ4n) is 9.12. The molecule has 0 aromatic carbocycles. The number of ether oxygens (including phenoxy) is 6. The predicted molar refractivity (Wildman–Crippen MR) is 175 cm³/mol. The fraction of sp³-hybridized carbons (Fsp3) is 0.694. The molecule has 17 nitrogen and oxygen atoms in total. The third-order valence-corrected chi connectivity index (χ3v) is 12.2. The van der Waals surface area contributed by atoms with E-state index in [1.165, 1.54) is 20.8 Å². The lowest BCUT2D eigenvalue weighted by atomic mass is 9.46. The molecule has 2 aliphatic carbocycles. The minimum absolute atomic E-state index is 0.0215. The van der Waals surface area contributed by atoms with Crippen molar-refractivity contribution in [3.05, 3.63) is 23.8 Å². The lowest BCUT2D eigenvalue weighted by molar-refractivity contribution is -0.240. The number of methoxy groups -OCH3 is 1. The first-order valence-corrected chi connectivity index (χ1v) is 17.2. The van der Waals surface area contributed by atoms with Gasteiger partial charge >= 0.3 is 29.8 Å². The van der Waals surface area contributed by atoms with Crippen LogP contribution < -0.4 is 0 Å². The molecule has 0 amide bonds. The molecule has 2 saturated carbocycles. The van der Waals surface area contributed by atoms with Gasteiger partial charge in [-0.3, -0.25) is 24.0 Å². The summed E-state index contributed by atoms with van der Waals surface area (Å²) in [6, 6.07) is 0. The minimum Gasteiger partial charge on any atom is -0.469 e. The maximum Gasteiger partial charge on any atom is 0.336 e. The summed E-state index contributed by atoms with van der Waals surface area (Å²) in [6.45, 7) is 11.6. The van der Waals surface area contributed by atoms with E-state index in [1.807, 2.05) is 0 Å². The Morgan fingerprint density at radius 1 is 1.19 bits per heavy atom. The molecule has 13 atom stereocenters. The van der Waals surface area contributed by atoms with Crippen molar-refractivity contribution in [3.63, 3.8) is 0 Å². The van der Waals surface area contributed by atoms with Crippen molar-refractivity contribution < 1.29 is 82.4 Å². The molecule has 0 bridgehead atoms. The van der Waals surface area contributed by atoms with Gasteiger partial charge in [0.1, 0.15) is 23.9 Å². The Balaban J connectivity index is 2.12. The molecular weight excluding hydrogens is 704 g/mol. The summed E-state index contributed by atoms with van der Waals surface area (Å²) in [5.74, 6) is -11.0. The van der Waals surface area contributed by atoms with Crippen molar-refractivity contribution in [2.24, 2.45) is 34.5 Å². The summed E-state index contributed by atoms with van der Waals surface area (Å²) in [7, 11) is 1.06. The zero-order valence-corrected chi connectivity index (χ0v) is 30.7. The lowest BCUT2D eigenvalue weighted by Gasteiger charge is -2.61. The standard InChI is InChI=1S/C36H48O17/c1-9-16(2)28(44)32(46)52-30-29(49-15-38)27(17(3)36(47)22(40)11-20(35(30,36)7)19-10-25(42)51-31(19)45)34(6,21-12-26(43)53-33(21,5)14-37)23(50-18(4)39)13-24(41)48-8/h10,15-16,20-21,23,25,27-30,37,42,44,47H,3,9,11-14H2,1-2,4-8H3/t16?,20-,21-,23-,25?,27+,28?,29+,30-,33+,34+,35+,36+/m0/s1. The van der Waals surface area contributed by atoms with E-state index < -0.39 is 143 Å². The Kier molecular flexibility index (Phi) is 11.7. The average Bonchev–Trinajstić information content (AvgIpc) is 3.68. The Morgan fingerprint density at radius 3 is 2.34 bits per heavy atom. The monoisotopic (exact) mass is 752 g/mol. The number of fused-ring (bicyclic) bond motifs is 1. The van der Waals surface area contributed by atoms with E-state index in [0.29, 0.717) is 6.42 Å². The molecule has 0 radical (unpaired) electrons. The smallest absolute Gasteiger partial charge is 0.336 e. The van der Waals surface area contributed by atoms with E-state index in [4.69, 9.17) is 28.4 Å². The first kappa shape index (κ1) is 41.6. The molecule has 2 aliphatic heterocycles. The second-order valence-electron chi connectivity index (χ2n) is 14.9. The van der Waals surface area contributed by atoms with Crippen molar-refractivity contribution in [1.29, 1.82) is 0 Å². The molecule has 4 rings (SSSR count). The van der Waals surface area contributed by atoms with Crippen LogP contribution in [0.15, 0.2) is 23.8 Å². The SMILES string of the molecule is C=C1[C@@H]([C@@](C)([C@H](CC(=O)OC)OC(C)=O)[C@H]2CC(=O)O[C@]2(C)CO)[C@@H](OC=O)[C@H](OC(=O)C(O)C(C)CC)[C@@]2(C)[C@H](C3=CC(O)OC3=O)CC(=O)[C@]12O. The topological polar surface area (TPSA) is 256 Å². The summed E-state index contributed by atoms with van der Waals surface area (Å²) < 4.78 is 32.8. The Bertz CT molecular complexity index is 1590. The molecule has 1 saturated heterocycles. The first-order valence-electron chi connectivity index (χ1n) is 17.2. The number of cyclic esters (lactones) is 2. The number of hydrogen-bond acceptors (Lipinski definition) is 17. The number of aliphatic hydroxyl groups is 4. The average molecular weight is 753 g/mol. The molecule has 4 N–H and O–H groups in total. The summed E-state index contributed by atoms with van der Waals surface area (Å²) >= 11 is 0. The van der Waals surface area contributed by atoms with Gasteiger partial charge in [0, 0.05) is 42.1 Å². The van der Waals surface area contributed by atoms with Crippen LogP contribution in [-0.4, -0.2) is 118 Å². The van der Waals surface area contributed by atoms with Crippen molar-refractivity contribution >= 4 is 42.1 Å². The molecule has 3 fully saturated rings. The number of aliphatic hydroxyl groups excluding tert-OH is 3. The van der Waals surface area contributed by atoms with Gasteiger partial charge in [-0.2, -0.15) is 0 Å². The maximum atomic E-state index is 14.4. The van der Waals surface area contributed by atoms with Gasteiger partial charge in [0.2, 0.25) is 6.29 Å².